The van der Waals surface area contributed by atoms with Crippen LogP contribution >= 0.6 is 0 Å². The Balaban J connectivity index is 1.56. The first-order chi connectivity index (χ1) is 14.0. The minimum atomic E-state index is -0.496. The van der Waals surface area contributed by atoms with Crippen LogP contribution in [0.3, 0.4) is 0 Å². The molecular weight excluding hydrogens is 374 g/mol. The first-order valence-electron chi connectivity index (χ1n) is 8.93. The molecule has 144 valence electrons. The lowest BCUT2D eigenvalue weighted by molar-refractivity contribution is -0.384. The molecule has 0 N–H and O–H groups in total. The SMILES string of the molecule is N#Cc1cccc(C(=O)N(Cc2nnc(-c3cccc([N+](=O)[O-])c3)o2)C2CC2)c1. The van der Waals surface area contributed by atoms with Crippen molar-refractivity contribution in [1.29, 1.82) is 5.26 Å². The number of aromatic nitrogens is 2. The van der Waals surface area contributed by atoms with Crippen molar-refractivity contribution in [2.24, 2.45) is 0 Å². The summed E-state index contributed by atoms with van der Waals surface area (Å²) in [7, 11) is 0. The smallest absolute Gasteiger partial charge is 0.270 e. The first kappa shape index (κ1) is 18.3. The quantitative estimate of drug-likeness (QED) is 0.467. The van der Waals surface area contributed by atoms with Crippen LogP contribution in [0.1, 0.15) is 34.7 Å². The number of rotatable bonds is 6. The van der Waals surface area contributed by atoms with Gasteiger partial charge in [-0.2, -0.15) is 5.26 Å². The molecule has 2 aromatic carbocycles. The summed E-state index contributed by atoms with van der Waals surface area (Å²) in [6, 6.07) is 14.6. The largest absolute Gasteiger partial charge is 0.419 e. The Bertz CT molecular complexity index is 1130. The third kappa shape index (κ3) is 3.96. The predicted molar refractivity (Wildman–Crippen MR) is 100 cm³/mol. The molecule has 9 nitrogen and oxygen atoms in total. The van der Waals surface area contributed by atoms with Crippen LogP contribution in [-0.2, 0) is 6.54 Å². The van der Waals surface area contributed by atoms with Gasteiger partial charge in [-0.25, -0.2) is 0 Å². The van der Waals surface area contributed by atoms with E-state index in [-0.39, 0.29) is 36.0 Å². The van der Waals surface area contributed by atoms with Crippen molar-refractivity contribution in [1.82, 2.24) is 15.1 Å². The molecule has 3 aromatic rings. The second-order valence-corrected chi connectivity index (χ2v) is 6.67. The van der Waals surface area contributed by atoms with Gasteiger partial charge >= 0.3 is 0 Å². The number of hydrogen-bond donors (Lipinski definition) is 0. The van der Waals surface area contributed by atoms with Crippen LogP contribution in [0.5, 0.6) is 0 Å². The molecule has 1 fully saturated rings. The van der Waals surface area contributed by atoms with Crippen LogP contribution < -0.4 is 0 Å². The number of nitrogens with zero attached hydrogens (tertiary/aromatic N) is 5. The van der Waals surface area contributed by atoms with Crippen molar-refractivity contribution in [2.45, 2.75) is 25.4 Å². The fourth-order valence-corrected chi connectivity index (χ4v) is 2.97. The molecule has 29 heavy (non-hydrogen) atoms. The molecule has 4 rings (SSSR count). The Kier molecular flexibility index (Phi) is 4.75. The molecule has 1 saturated carbocycles. The molecule has 1 aliphatic carbocycles. The molecule has 1 aromatic heterocycles. The van der Waals surface area contributed by atoms with Gasteiger partial charge in [0.1, 0.15) is 0 Å². The zero-order valence-electron chi connectivity index (χ0n) is 15.2. The number of nitriles is 1. The zero-order valence-corrected chi connectivity index (χ0v) is 15.2. The van der Waals surface area contributed by atoms with Crippen LogP contribution in [0.4, 0.5) is 5.69 Å². The minimum Gasteiger partial charge on any atom is -0.419 e. The standard InChI is InChI=1S/C20H15N5O4/c21-11-13-3-1-5-15(9-13)20(26)24(16-7-8-16)12-18-22-23-19(29-18)14-4-2-6-17(10-14)25(27)28/h1-6,9-10,16H,7-8,12H2. The van der Waals surface area contributed by atoms with E-state index < -0.39 is 4.92 Å². The van der Waals surface area contributed by atoms with Gasteiger partial charge in [-0.05, 0) is 37.1 Å². The summed E-state index contributed by atoms with van der Waals surface area (Å²) in [5, 5.41) is 28.0. The number of hydrogen-bond acceptors (Lipinski definition) is 7. The topological polar surface area (TPSA) is 126 Å². The van der Waals surface area contributed by atoms with Gasteiger partial charge in [0.05, 0.1) is 23.1 Å². The minimum absolute atomic E-state index is 0.0746. The van der Waals surface area contributed by atoms with E-state index >= 15 is 0 Å². The number of benzene rings is 2. The van der Waals surface area contributed by atoms with E-state index in [1.165, 1.54) is 12.1 Å². The van der Waals surface area contributed by atoms with Crippen molar-refractivity contribution in [3.05, 3.63) is 75.7 Å². The molecule has 0 aliphatic heterocycles. The molecular formula is C20H15N5O4. The highest BCUT2D eigenvalue weighted by atomic mass is 16.6. The van der Waals surface area contributed by atoms with Crippen molar-refractivity contribution >= 4 is 11.6 Å². The number of amides is 1. The second-order valence-electron chi connectivity index (χ2n) is 6.67. The van der Waals surface area contributed by atoms with Crippen LogP contribution in [-0.4, -0.2) is 32.0 Å². The molecule has 0 saturated heterocycles. The van der Waals surface area contributed by atoms with Crippen LogP contribution in [0.2, 0.25) is 0 Å². The Morgan fingerprint density at radius 3 is 2.76 bits per heavy atom. The van der Waals surface area contributed by atoms with E-state index in [2.05, 4.69) is 10.2 Å². The third-order valence-corrected chi connectivity index (χ3v) is 4.56. The van der Waals surface area contributed by atoms with Crippen molar-refractivity contribution < 1.29 is 14.1 Å². The van der Waals surface area contributed by atoms with Crippen LogP contribution in [0.15, 0.2) is 52.9 Å². The molecule has 0 atom stereocenters. The maximum Gasteiger partial charge on any atom is 0.270 e. The van der Waals surface area contributed by atoms with E-state index in [4.69, 9.17) is 9.68 Å². The van der Waals surface area contributed by atoms with Gasteiger partial charge in [-0.1, -0.05) is 12.1 Å². The molecule has 1 heterocycles. The van der Waals surface area contributed by atoms with Gasteiger partial charge in [0.2, 0.25) is 11.8 Å². The maximum atomic E-state index is 12.9. The van der Waals surface area contributed by atoms with Gasteiger partial charge in [-0.15, -0.1) is 10.2 Å². The van der Waals surface area contributed by atoms with Crippen molar-refractivity contribution in [3.8, 4) is 17.5 Å². The van der Waals surface area contributed by atoms with Crippen molar-refractivity contribution in [3.63, 3.8) is 0 Å². The number of non-ortho nitro benzene ring substituents is 1. The number of nitro groups is 1. The second kappa shape index (κ2) is 7.52. The highest BCUT2D eigenvalue weighted by Gasteiger charge is 2.34. The highest BCUT2D eigenvalue weighted by molar-refractivity contribution is 5.94. The molecule has 9 heteroatoms. The van der Waals surface area contributed by atoms with Crippen molar-refractivity contribution in [2.75, 3.05) is 0 Å². The van der Waals surface area contributed by atoms with Crippen LogP contribution in [0.25, 0.3) is 11.5 Å². The predicted octanol–water partition coefficient (Wildman–Crippen LogP) is 3.32. The van der Waals surface area contributed by atoms with Crippen LogP contribution in [0, 0.1) is 21.4 Å². The van der Waals surface area contributed by atoms with Gasteiger partial charge in [0.25, 0.3) is 11.6 Å². The van der Waals surface area contributed by atoms with E-state index in [1.54, 1.807) is 41.3 Å². The van der Waals surface area contributed by atoms with E-state index in [0.29, 0.717) is 16.7 Å². The molecule has 1 aliphatic rings. The summed E-state index contributed by atoms with van der Waals surface area (Å²) in [6.07, 6.45) is 1.77. The molecule has 0 unspecified atom stereocenters. The molecule has 0 bridgehead atoms. The number of carbonyl (C=O) groups is 1. The highest BCUT2D eigenvalue weighted by Crippen LogP contribution is 2.30. The number of carbonyl (C=O) groups excluding carboxylic acids is 1. The van der Waals surface area contributed by atoms with Gasteiger partial charge in [-0.3, -0.25) is 14.9 Å². The monoisotopic (exact) mass is 389 g/mol. The van der Waals surface area contributed by atoms with E-state index in [1.807, 2.05) is 6.07 Å². The van der Waals surface area contributed by atoms with Gasteiger partial charge in [0, 0.05) is 29.3 Å². The van der Waals surface area contributed by atoms with E-state index in [9.17, 15) is 14.9 Å². The fraction of sp³-hybridized carbons (Fsp3) is 0.200. The summed E-state index contributed by atoms with van der Waals surface area (Å²) in [5.41, 5.74) is 1.20. The average Bonchev–Trinajstić information content (AvgIpc) is 3.49. The Hall–Kier alpha value is -4.06. The lowest BCUT2D eigenvalue weighted by Crippen LogP contribution is -2.32. The molecule has 0 spiro atoms. The summed E-state index contributed by atoms with van der Waals surface area (Å²) in [6.45, 7) is 0.127. The Morgan fingerprint density at radius 1 is 1.24 bits per heavy atom. The van der Waals surface area contributed by atoms with Gasteiger partial charge in [0.15, 0.2) is 0 Å². The third-order valence-electron chi connectivity index (χ3n) is 4.56. The summed E-state index contributed by atoms with van der Waals surface area (Å²) in [5.74, 6) is 0.182. The Morgan fingerprint density at radius 2 is 2.03 bits per heavy atom. The summed E-state index contributed by atoms with van der Waals surface area (Å²) >= 11 is 0. The molecule has 1 amide bonds. The summed E-state index contributed by atoms with van der Waals surface area (Å²) < 4.78 is 5.65. The number of nitro benzene ring substituents is 1. The Labute approximate surface area is 165 Å². The fourth-order valence-electron chi connectivity index (χ4n) is 2.97. The average molecular weight is 389 g/mol. The lowest BCUT2D eigenvalue weighted by Gasteiger charge is -2.20. The maximum absolute atomic E-state index is 12.9. The zero-order chi connectivity index (χ0) is 20.4. The van der Waals surface area contributed by atoms with Gasteiger partial charge < -0.3 is 9.32 Å². The lowest BCUT2D eigenvalue weighted by atomic mass is 10.1. The normalized spacial score (nSPS) is 12.9. The first-order valence-corrected chi connectivity index (χ1v) is 8.93. The molecule has 0 radical (unpaired) electrons. The van der Waals surface area contributed by atoms with E-state index in [0.717, 1.165) is 12.8 Å². The summed E-state index contributed by atoms with van der Waals surface area (Å²) in [4.78, 5) is 25.1.